The zero-order valence-electron chi connectivity index (χ0n) is 9.61. The molecule has 0 aromatic heterocycles. The highest BCUT2D eigenvalue weighted by Crippen LogP contribution is 2.31. The third-order valence-electron chi connectivity index (χ3n) is 3.32. The molecule has 0 aromatic rings. The number of rotatable bonds is 4. The molecule has 1 fully saturated rings. The van der Waals surface area contributed by atoms with E-state index >= 15 is 0 Å². The second-order valence-electron chi connectivity index (χ2n) is 4.87. The average Bonchev–Trinajstić information content (AvgIpc) is 2.17. The first-order valence-corrected chi connectivity index (χ1v) is 5.81. The molecule has 0 aromatic carbocycles. The molecule has 0 amide bonds. The fraction of sp³-hybridized carbons (Fsp3) is 1.00. The number of nitrogens with one attached hydrogen (secondary N) is 1. The van der Waals surface area contributed by atoms with Crippen LogP contribution in [-0.4, -0.2) is 30.0 Å². The van der Waals surface area contributed by atoms with Crippen LogP contribution in [0.5, 0.6) is 0 Å². The maximum absolute atomic E-state index is 12.0. The predicted molar refractivity (Wildman–Crippen MR) is 56.1 cm³/mol. The molecule has 96 valence electrons. The number of alkyl halides is 3. The lowest BCUT2D eigenvalue weighted by molar-refractivity contribution is -0.138. The lowest BCUT2D eigenvalue weighted by Gasteiger charge is -2.36. The normalized spacial score (nSPS) is 26.4. The first-order chi connectivity index (χ1) is 7.31. The topological polar surface area (TPSA) is 32.3 Å². The summed E-state index contributed by atoms with van der Waals surface area (Å²) in [5, 5.41) is 13.3. The Balaban J connectivity index is 2.32. The van der Waals surface area contributed by atoms with Gasteiger partial charge in [0, 0.05) is 13.0 Å². The van der Waals surface area contributed by atoms with E-state index < -0.39 is 18.2 Å². The molecule has 0 spiro atoms. The van der Waals surface area contributed by atoms with Gasteiger partial charge in [-0.05, 0) is 45.1 Å². The minimum Gasteiger partial charge on any atom is -0.390 e. The van der Waals surface area contributed by atoms with Crippen LogP contribution >= 0.6 is 0 Å². The van der Waals surface area contributed by atoms with Crippen LogP contribution in [0.2, 0.25) is 0 Å². The van der Waals surface area contributed by atoms with Crippen molar-refractivity contribution in [3.8, 4) is 0 Å². The summed E-state index contributed by atoms with van der Waals surface area (Å²) in [6, 6.07) is 0. The molecule has 1 rings (SSSR count). The van der Waals surface area contributed by atoms with Crippen molar-refractivity contribution in [3.63, 3.8) is 0 Å². The van der Waals surface area contributed by atoms with E-state index in [-0.39, 0.29) is 18.8 Å². The predicted octanol–water partition coefficient (Wildman–Crippen LogP) is 2.47. The number of piperidine rings is 1. The molecule has 2 N–H and O–H groups in total. The largest absolute Gasteiger partial charge is 0.390 e. The van der Waals surface area contributed by atoms with Gasteiger partial charge in [0.25, 0.3) is 0 Å². The Morgan fingerprint density at radius 1 is 1.31 bits per heavy atom. The van der Waals surface area contributed by atoms with Crippen LogP contribution in [0, 0.1) is 5.92 Å². The Morgan fingerprint density at radius 3 is 2.50 bits per heavy atom. The van der Waals surface area contributed by atoms with Gasteiger partial charge in [0.2, 0.25) is 0 Å². The Bertz CT molecular complexity index is 210. The highest BCUT2D eigenvalue weighted by Gasteiger charge is 2.34. The maximum Gasteiger partial charge on any atom is 0.389 e. The van der Waals surface area contributed by atoms with Crippen LogP contribution in [0.1, 0.15) is 39.0 Å². The van der Waals surface area contributed by atoms with Crippen molar-refractivity contribution < 1.29 is 18.3 Å². The van der Waals surface area contributed by atoms with E-state index in [1.54, 1.807) is 6.92 Å². The second kappa shape index (κ2) is 5.36. The second-order valence-corrected chi connectivity index (χ2v) is 4.87. The number of hydrogen-bond donors (Lipinski definition) is 2. The monoisotopic (exact) mass is 239 g/mol. The van der Waals surface area contributed by atoms with Gasteiger partial charge in [0.15, 0.2) is 0 Å². The fourth-order valence-electron chi connectivity index (χ4n) is 2.23. The van der Waals surface area contributed by atoms with Crippen molar-refractivity contribution in [1.29, 1.82) is 0 Å². The smallest absolute Gasteiger partial charge is 0.389 e. The van der Waals surface area contributed by atoms with Gasteiger partial charge in [-0.15, -0.1) is 0 Å². The molecule has 1 saturated heterocycles. The van der Waals surface area contributed by atoms with Crippen molar-refractivity contribution >= 4 is 0 Å². The maximum atomic E-state index is 12.0. The van der Waals surface area contributed by atoms with E-state index in [1.807, 2.05) is 0 Å². The first kappa shape index (κ1) is 13.8. The van der Waals surface area contributed by atoms with E-state index in [4.69, 9.17) is 0 Å². The van der Waals surface area contributed by atoms with Gasteiger partial charge in [0.05, 0.1) is 5.60 Å². The van der Waals surface area contributed by atoms with E-state index in [0.717, 1.165) is 19.4 Å². The van der Waals surface area contributed by atoms with Gasteiger partial charge in [-0.2, -0.15) is 13.2 Å². The van der Waals surface area contributed by atoms with E-state index in [9.17, 15) is 18.3 Å². The molecule has 2 unspecified atom stereocenters. The molecule has 5 heteroatoms. The van der Waals surface area contributed by atoms with Crippen LogP contribution < -0.4 is 5.32 Å². The lowest BCUT2D eigenvalue weighted by Crippen LogP contribution is -2.44. The van der Waals surface area contributed by atoms with Crippen molar-refractivity contribution in [2.75, 3.05) is 13.1 Å². The number of halogens is 3. The number of hydrogen-bond acceptors (Lipinski definition) is 2. The third-order valence-corrected chi connectivity index (χ3v) is 3.32. The summed E-state index contributed by atoms with van der Waals surface area (Å²) in [4.78, 5) is 0. The highest BCUT2D eigenvalue weighted by atomic mass is 19.4. The zero-order chi connectivity index (χ0) is 12.2. The molecule has 16 heavy (non-hydrogen) atoms. The molecule has 0 aliphatic carbocycles. The van der Waals surface area contributed by atoms with Crippen LogP contribution in [0.3, 0.4) is 0 Å². The number of aliphatic hydroxyl groups is 1. The minimum absolute atomic E-state index is 0.00694. The summed E-state index contributed by atoms with van der Waals surface area (Å²) in [6.45, 7) is 3.30. The minimum atomic E-state index is -4.11. The van der Waals surface area contributed by atoms with Crippen molar-refractivity contribution in [2.24, 2.45) is 5.92 Å². The van der Waals surface area contributed by atoms with Gasteiger partial charge in [0.1, 0.15) is 0 Å². The fourth-order valence-corrected chi connectivity index (χ4v) is 2.23. The van der Waals surface area contributed by atoms with Gasteiger partial charge < -0.3 is 10.4 Å². The van der Waals surface area contributed by atoms with Crippen molar-refractivity contribution in [2.45, 2.75) is 50.8 Å². The molecular weight excluding hydrogens is 219 g/mol. The van der Waals surface area contributed by atoms with Crippen LogP contribution in [0.15, 0.2) is 0 Å². The van der Waals surface area contributed by atoms with Gasteiger partial charge in [-0.25, -0.2) is 0 Å². The summed E-state index contributed by atoms with van der Waals surface area (Å²) in [6.07, 6.45) is -2.80. The standard InChI is InChI=1S/C11H20F3NO/c1-10(16,5-3-6-11(12,13)14)9-4-2-7-15-8-9/h9,15-16H,2-8H2,1H3. The molecule has 1 heterocycles. The van der Waals surface area contributed by atoms with Crippen molar-refractivity contribution in [1.82, 2.24) is 5.32 Å². The summed E-state index contributed by atoms with van der Waals surface area (Å²) in [5.41, 5.74) is -0.974. The summed E-state index contributed by atoms with van der Waals surface area (Å²) in [5.74, 6) is 0.0782. The van der Waals surface area contributed by atoms with Crippen molar-refractivity contribution in [3.05, 3.63) is 0 Å². The van der Waals surface area contributed by atoms with Crippen LogP contribution in [-0.2, 0) is 0 Å². The Hall–Kier alpha value is -0.290. The van der Waals surface area contributed by atoms with Crippen LogP contribution in [0.25, 0.3) is 0 Å². The van der Waals surface area contributed by atoms with Gasteiger partial charge >= 0.3 is 6.18 Å². The lowest BCUT2D eigenvalue weighted by atomic mass is 9.80. The average molecular weight is 239 g/mol. The van der Waals surface area contributed by atoms with Crippen LogP contribution in [0.4, 0.5) is 13.2 Å². The van der Waals surface area contributed by atoms with Gasteiger partial charge in [-0.3, -0.25) is 0 Å². The summed E-state index contributed by atoms with van der Waals surface area (Å²) >= 11 is 0. The van der Waals surface area contributed by atoms with E-state index in [2.05, 4.69) is 5.32 Å². The molecule has 0 saturated carbocycles. The molecule has 2 atom stereocenters. The Labute approximate surface area is 94.2 Å². The zero-order valence-corrected chi connectivity index (χ0v) is 9.61. The summed E-state index contributed by atoms with van der Waals surface area (Å²) < 4.78 is 35.9. The van der Waals surface area contributed by atoms with Gasteiger partial charge in [-0.1, -0.05) is 0 Å². The molecule has 1 aliphatic rings. The molecular formula is C11H20F3NO. The SMILES string of the molecule is CC(O)(CCCC(F)(F)F)C1CCCNC1. The highest BCUT2D eigenvalue weighted by molar-refractivity contribution is 4.86. The Kier molecular flexibility index (Phi) is 4.62. The van der Waals surface area contributed by atoms with E-state index in [0.29, 0.717) is 6.54 Å². The van der Waals surface area contributed by atoms with E-state index in [1.165, 1.54) is 0 Å². The molecule has 0 bridgehead atoms. The molecule has 1 aliphatic heterocycles. The Morgan fingerprint density at radius 2 is 2.00 bits per heavy atom. The third kappa shape index (κ3) is 4.70. The summed E-state index contributed by atoms with van der Waals surface area (Å²) in [7, 11) is 0. The quantitative estimate of drug-likeness (QED) is 0.790. The molecule has 2 nitrogen and oxygen atoms in total. The first-order valence-electron chi connectivity index (χ1n) is 5.81. The molecule has 0 radical (unpaired) electrons.